The first-order valence-corrected chi connectivity index (χ1v) is 12.5. The Morgan fingerprint density at radius 3 is 1.84 bits per heavy atom. The van der Waals surface area contributed by atoms with Crippen LogP contribution < -0.4 is 4.72 Å². The number of carbonyl (C=O) groups excluding carboxylic acids is 1. The molecule has 1 aliphatic rings. The Morgan fingerprint density at radius 1 is 0.903 bits per heavy atom. The van der Waals surface area contributed by atoms with Crippen molar-refractivity contribution < 1.29 is 30.7 Å². The SMILES string of the molecule is Cc1noc(C)c1S(=O)(=O)N[C@@H](C)C(=O)N1CCN(S(=O)(=O)c2c(C)noc2C)CC1. The van der Waals surface area contributed by atoms with Crippen molar-refractivity contribution in [3.63, 3.8) is 0 Å². The normalized spacial score (nSPS) is 17.1. The number of piperazine rings is 1. The highest BCUT2D eigenvalue weighted by molar-refractivity contribution is 7.89. The van der Waals surface area contributed by atoms with Gasteiger partial charge in [-0.05, 0) is 34.6 Å². The minimum Gasteiger partial charge on any atom is -0.360 e. The topological polar surface area (TPSA) is 156 Å². The average Bonchev–Trinajstić information content (AvgIpc) is 3.22. The van der Waals surface area contributed by atoms with Gasteiger partial charge >= 0.3 is 0 Å². The van der Waals surface area contributed by atoms with E-state index in [9.17, 15) is 21.6 Å². The van der Waals surface area contributed by atoms with Gasteiger partial charge in [0.15, 0.2) is 11.5 Å². The van der Waals surface area contributed by atoms with E-state index in [0.717, 1.165) is 0 Å². The highest BCUT2D eigenvalue weighted by atomic mass is 32.2. The Balaban J connectivity index is 1.66. The molecule has 0 spiro atoms. The minimum atomic E-state index is -4.01. The molecule has 0 unspecified atom stereocenters. The van der Waals surface area contributed by atoms with E-state index < -0.39 is 32.0 Å². The van der Waals surface area contributed by atoms with E-state index in [4.69, 9.17) is 9.05 Å². The van der Waals surface area contributed by atoms with Crippen molar-refractivity contribution in [1.82, 2.24) is 24.2 Å². The largest absolute Gasteiger partial charge is 0.360 e. The van der Waals surface area contributed by atoms with Crippen LogP contribution >= 0.6 is 0 Å². The van der Waals surface area contributed by atoms with Gasteiger partial charge in [0.2, 0.25) is 26.0 Å². The predicted molar refractivity (Wildman–Crippen MR) is 107 cm³/mol. The molecule has 3 heterocycles. The molecule has 0 radical (unpaired) electrons. The van der Waals surface area contributed by atoms with Gasteiger partial charge in [0.05, 0.1) is 6.04 Å². The summed E-state index contributed by atoms with van der Waals surface area (Å²) in [6.45, 7) is 7.87. The Labute approximate surface area is 180 Å². The van der Waals surface area contributed by atoms with Crippen LogP contribution in [0.15, 0.2) is 18.8 Å². The van der Waals surface area contributed by atoms with Crippen molar-refractivity contribution in [2.75, 3.05) is 26.2 Å². The molecule has 172 valence electrons. The molecule has 3 rings (SSSR count). The summed E-state index contributed by atoms with van der Waals surface area (Å²) in [5, 5.41) is 7.32. The third-order valence-corrected chi connectivity index (χ3v) is 8.98. The van der Waals surface area contributed by atoms with Crippen molar-refractivity contribution >= 4 is 26.0 Å². The number of aryl methyl sites for hydroxylation is 4. The van der Waals surface area contributed by atoms with E-state index in [1.807, 2.05) is 0 Å². The molecule has 0 aliphatic carbocycles. The highest BCUT2D eigenvalue weighted by Gasteiger charge is 2.36. The number of hydrogen-bond donors (Lipinski definition) is 1. The number of nitrogens with zero attached hydrogens (tertiary/aromatic N) is 4. The lowest BCUT2D eigenvalue weighted by molar-refractivity contribution is -0.133. The number of hydrogen-bond acceptors (Lipinski definition) is 9. The van der Waals surface area contributed by atoms with E-state index in [2.05, 4.69) is 15.0 Å². The first kappa shape index (κ1) is 23.4. The Bertz CT molecular complexity index is 1150. The van der Waals surface area contributed by atoms with Crippen LogP contribution in [-0.2, 0) is 24.8 Å². The third-order valence-electron chi connectivity index (χ3n) is 5.06. The number of amides is 1. The zero-order chi connectivity index (χ0) is 23.1. The quantitative estimate of drug-likeness (QED) is 0.612. The van der Waals surface area contributed by atoms with Crippen molar-refractivity contribution in [2.45, 2.75) is 50.5 Å². The summed E-state index contributed by atoms with van der Waals surface area (Å²) in [5.74, 6) is -0.120. The molecular formula is C17H25N5O7S2. The van der Waals surface area contributed by atoms with Gasteiger partial charge in [-0.2, -0.15) is 9.03 Å². The van der Waals surface area contributed by atoms with Crippen LogP contribution in [0.25, 0.3) is 0 Å². The van der Waals surface area contributed by atoms with Crippen molar-refractivity contribution in [1.29, 1.82) is 0 Å². The highest BCUT2D eigenvalue weighted by Crippen LogP contribution is 2.24. The van der Waals surface area contributed by atoms with Crippen LogP contribution in [0.1, 0.15) is 29.8 Å². The van der Waals surface area contributed by atoms with Crippen molar-refractivity contribution in [3.05, 3.63) is 22.9 Å². The van der Waals surface area contributed by atoms with Crippen LogP contribution in [0.4, 0.5) is 0 Å². The lowest BCUT2D eigenvalue weighted by atomic mass is 10.2. The van der Waals surface area contributed by atoms with Crippen LogP contribution in [0.3, 0.4) is 0 Å². The lowest BCUT2D eigenvalue weighted by Gasteiger charge is -2.35. The summed E-state index contributed by atoms with van der Waals surface area (Å²) in [6.07, 6.45) is 0. The molecule has 12 nitrogen and oxygen atoms in total. The van der Waals surface area contributed by atoms with Crippen molar-refractivity contribution in [3.8, 4) is 0 Å². The van der Waals surface area contributed by atoms with Gasteiger partial charge in [-0.25, -0.2) is 16.8 Å². The van der Waals surface area contributed by atoms with Gasteiger partial charge in [-0.15, -0.1) is 0 Å². The van der Waals surface area contributed by atoms with Crippen LogP contribution in [0, 0.1) is 27.7 Å². The second-order valence-corrected chi connectivity index (χ2v) is 10.9. The predicted octanol–water partition coefficient (Wildman–Crippen LogP) is 0.0962. The van der Waals surface area contributed by atoms with E-state index in [1.54, 1.807) is 6.92 Å². The number of aromatic nitrogens is 2. The van der Waals surface area contributed by atoms with Gasteiger partial charge in [0.1, 0.15) is 21.2 Å². The zero-order valence-corrected chi connectivity index (χ0v) is 19.5. The molecule has 0 saturated carbocycles. The van der Waals surface area contributed by atoms with Gasteiger partial charge in [0.25, 0.3) is 0 Å². The number of nitrogens with one attached hydrogen (secondary N) is 1. The molecule has 0 bridgehead atoms. The standard InChI is InChI=1S/C17H25N5O7S2/c1-10-15(13(4)28-18-10)30(24,25)20-12(3)17(23)21-6-8-22(9-7-21)31(26,27)16-11(2)19-29-14(16)5/h12,20H,6-9H2,1-5H3/t12-/m0/s1. The smallest absolute Gasteiger partial charge is 0.248 e. The Morgan fingerprint density at radius 2 is 1.39 bits per heavy atom. The molecule has 1 atom stereocenters. The van der Waals surface area contributed by atoms with E-state index in [0.29, 0.717) is 0 Å². The van der Waals surface area contributed by atoms with Crippen molar-refractivity contribution in [2.24, 2.45) is 0 Å². The molecule has 1 N–H and O–H groups in total. The zero-order valence-electron chi connectivity index (χ0n) is 17.9. The Hall–Kier alpha value is -2.29. The third kappa shape index (κ3) is 4.37. The summed E-state index contributed by atoms with van der Waals surface area (Å²) in [7, 11) is -7.82. The van der Waals surface area contributed by atoms with E-state index >= 15 is 0 Å². The maximum atomic E-state index is 12.9. The molecular weight excluding hydrogens is 450 g/mol. The fourth-order valence-corrected chi connectivity index (χ4v) is 6.83. The van der Waals surface area contributed by atoms with E-state index in [-0.39, 0.29) is 58.9 Å². The van der Waals surface area contributed by atoms with Gasteiger partial charge in [-0.1, -0.05) is 10.3 Å². The fraction of sp³-hybridized carbons (Fsp3) is 0.588. The second-order valence-electron chi connectivity index (χ2n) is 7.38. The monoisotopic (exact) mass is 475 g/mol. The molecule has 0 aromatic carbocycles. The average molecular weight is 476 g/mol. The van der Waals surface area contributed by atoms with Gasteiger partial charge < -0.3 is 13.9 Å². The van der Waals surface area contributed by atoms with Gasteiger partial charge in [-0.3, -0.25) is 4.79 Å². The molecule has 14 heteroatoms. The van der Waals surface area contributed by atoms with Crippen LogP contribution in [0.2, 0.25) is 0 Å². The molecule has 31 heavy (non-hydrogen) atoms. The molecule has 2 aromatic rings. The summed E-state index contributed by atoms with van der Waals surface area (Å²) < 4.78 is 64.5. The van der Waals surface area contributed by atoms with Crippen LogP contribution in [0.5, 0.6) is 0 Å². The molecule has 2 aromatic heterocycles. The minimum absolute atomic E-state index is 0.0351. The molecule has 1 saturated heterocycles. The number of sulfonamides is 2. The van der Waals surface area contributed by atoms with Gasteiger partial charge in [0, 0.05) is 26.2 Å². The lowest BCUT2D eigenvalue weighted by Crippen LogP contribution is -2.55. The molecule has 1 fully saturated rings. The maximum absolute atomic E-state index is 12.9. The van der Waals surface area contributed by atoms with E-state index in [1.165, 1.54) is 36.9 Å². The summed E-state index contributed by atoms with van der Waals surface area (Å²) in [5.41, 5.74) is 0.473. The number of carbonyl (C=O) groups is 1. The molecule has 1 aliphatic heterocycles. The Kier molecular flexibility index (Phi) is 6.28. The molecule has 1 amide bonds. The fourth-order valence-electron chi connectivity index (χ4n) is 3.60. The first-order valence-electron chi connectivity index (χ1n) is 9.53. The summed E-state index contributed by atoms with van der Waals surface area (Å²) >= 11 is 0. The maximum Gasteiger partial charge on any atom is 0.248 e. The second kappa shape index (κ2) is 8.33. The van der Waals surface area contributed by atoms with Crippen LogP contribution in [-0.4, -0.2) is 74.5 Å². The number of rotatable bonds is 6. The first-order chi connectivity index (χ1) is 14.4. The summed E-state index contributed by atoms with van der Waals surface area (Å²) in [4.78, 5) is 14.1. The summed E-state index contributed by atoms with van der Waals surface area (Å²) in [6, 6.07) is -1.05.